The van der Waals surface area contributed by atoms with Gasteiger partial charge in [0, 0.05) is 13.1 Å². The Morgan fingerprint density at radius 3 is 2.47 bits per heavy atom. The van der Waals surface area contributed by atoms with Gasteiger partial charge in [-0.05, 0) is 17.4 Å². The van der Waals surface area contributed by atoms with Crippen molar-refractivity contribution in [3.05, 3.63) is 35.9 Å². The third kappa shape index (κ3) is 3.13. The lowest BCUT2D eigenvalue weighted by Crippen LogP contribution is -2.39. The number of rotatable bonds is 3. The lowest BCUT2D eigenvalue weighted by molar-refractivity contribution is -0.130. The highest BCUT2D eigenvalue weighted by Crippen LogP contribution is 2.31. The van der Waals surface area contributed by atoms with E-state index in [-0.39, 0.29) is 16.3 Å². The van der Waals surface area contributed by atoms with E-state index in [4.69, 9.17) is 18.0 Å². The summed E-state index contributed by atoms with van der Waals surface area (Å²) in [4.78, 5) is 14.8. The van der Waals surface area contributed by atoms with Crippen LogP contribution in [-0.2, 0) is 4.79 Å². The van der Waals surface area contributed by atoms with Crippen LogP contribution in [0.3, 0.4) is 0 Å². The van der Waals surface area contributed by atoms with Crippen molar-refractivity contribution < 1.29 is 4.79 Å². The summed E-state index contributed by atoms with van der Waals surface area (Å²) in [6.07, 6.45) is 1.03. The van der Waals surface area contributed by atoms with Gasteiger partial charge in [-0.3, -0.25) is 4.79 Å². The quantitative estimate of drug-likeness (QED) is 0.862. The Morgan fingerprint density at radius 2 is 2.00 bits per heavy atom. The molecule has 2 N–H and O–H groups in total. The van der Waals surface area contributed by atoms with Gasteiger partial charge in [0.15, 0.2) is 0 Å². The molecule has 1 unspecified atom stereocenters. The number of carbonyl (C=O) groups excluding carboxylic acids is 1. The fourth-order valence-corrected chi connectivity index (χ4v) is 2.79. The Morgan fingerprint density at radius 1 is 1.37 bits per heavy atom. The van der Waals surface area contributed by atoms with Crippen LogP contribution in [0.4, 0.5) is 0 Å². The summed E-state index contributed by atoms with van der Waals surface area (Å²) in [5, 5.41) is 0. The van der Waals surface area contributed by atoms with Crippen LogP contribution in [0.1, 0.15) is 31.7 Å². The predicted octanol–water partition coefficient (Wildman–Crippen LogP) is 2.31. The average Bonchev–Trinajstić information content (AvgIpc) is 2.71. The molecule has 1 atom stereocenters. The summed E-state index contributed by atoms with van der Waals surface area (Å²) < 4.78 is 0. The van der Waals surface area contributed by atoms with Gasteiger partial charge in [0.1, 0.15) is 5.92 Å². The topological polar surface area (TPSA) is 46.3 Å². The molecule has 0 aliphatic carbocycles. The number of hydrogen-bond acceptors (Lipinski definition) is 2. The van der Waals surface area contributed by atoms with E-state index in [1.807, 2.05) is 35.2 Å². The third-order valence-electron chi connectivity index (χ3n) is 3.65. The zero-order chi connectivity index (χ0) is 14.0. The molecule has 1 aromatic rings. The molecule has 1 aromatic carbocycles. The highest BCUT2D eigenvalue weighted by atomic mass is 32.1. The summed E-state index contributed by atoms with van der Waals surface area (Å²) in [6.45, 7) is 5.92. The van der Waals surface area contributed by atoms with Gasteiger partial charge in [-0.15, -0.1) is 0 Å². The van der Waals surface area contributed by atoms with Crippen molar-refractivity contribution in [1.82, 2.24) is 4.90 Å². The van der Waals surface area contributed by atoms with E-state index in [2.05, 4.69) is 13.8 Å². The number of thiocarbonyl (C=S) groups is 1. The van der Waals surface area contributed by atoms with Crippen LogP contribution in [0.2, 0.25) is 0 Å². The van der Waals surface area contributed by atoms with Crippen molar-refractivity contribution in [2.24, 2.45) is 11.1 Å². The van der Waals surface area contributed by atoms with Crippen molar-refractivity contribution in [2.45, 2.75) is 26.2 Å². The maximum absolute atomic E-state index is 12.6. The highest BCUT2D eigenvalue weighted by Gasteiger charge is 2.36. The molecule has 0 aromatic heterocycles. The van der Waals surface area contributed by atoms with E-state index in [0.717, 1.165) is 25.1 Å². The molecule has 1 aliphatic rings. The van der Waals surface area contributed by atoms with Gasteiger partial charge in [-0.2, -0.15) is 0 Å². The molecular formula is C15H20N2OS. The van der Waals surface area contributed by atoms with Gasteiger partial charge in [-0.25, -0.2) is 0 Å². The van der Waals surface area contributed by atoms with E-state index in [9.17, 15) is 4.79 Å². The lowest BCUT2D eigenvalue weighted by Gasteiger charge is -2.24. The second kappa shape index (κ2) is 5.29. The first-order chi connectivity index (χ1) is 8.91. The molecule has 1 saturated heterocycles. The van der Waals surface area contributed by atoms with E-state index in [1.165, 1.54) is 0 Å². The highest BCUT2D eigenvalue weighted by molar-refractivity contribution is 7.80. The minimum Gasteiger partial charge on any atom is -0.392 e. The Hall–Kier alpha value is -1.42. The minimum atomic E-state index is -0.495. The molecule has 1 aliphatic heterocycles. The average molecular weight is 276 g/mol. The summed E-state index contributed by atoms with van der Waals surface area (Å²) in [5.74, 6) is -0.464. The Labute approximate surface area is 119 Å². The molecule has 0 radical (unpaired) electrons. The normalized spacial score (nSPS) is 19.2. The fourth-order valence-electron chi connectivity index (χ4n) is 2.56. The Kier molecular flexibility index (Phi) is 3.90. The van der Waals surface area contributed by atoms with Crippen LogP contribution in [-0.4, -0.2) is 28.9 Å². The zero-order valence-corrected chi connectivity index (χ0v) is 12.2. The van der Waals surface area contributed by atoms with Gasteiger partial charge < -0.3 is 10.6 Å². The van der Waals surface area contributed by atoms with E-state index in [1.54, 1.807) is 0 Å². The molecule has 4 heteroatoms. The molecule has 0 saturated carbocycles. The van der Waals surface area contributed by atoms with Gasteiger partial charge in [0.05, 0.1) is 4.99 Å². The maximum Gasteiger partial charge on any atom is 0.237 e. The van der Waals surface area contributed by atoms with Gasteiger partial charge in [0.2, 0.25) is 5.91 Å². The van der Waals surface area contributed by atoms with Crippen LogP contribution in [0.25, 0.3) is 0 Å². The zero-order valence-electron chi connectivity index (χ0n) is 11.4. The fraction of sp³-hybridized carbons (Fsp3) is 0.467. The first-order valence-corrected chi connectivity index (χ1v) is 6.95. The molecule has 19 heavy (non-hydrogen) atoms. The Balaban J connectivity index is 2.22. The van der Waals surface area contributed by atoms with Crippen molar-refractivity contribution in [3.8, 4) is 0 Å². The number of amides is 1. The first kappa shape index (κ1) is 14.0. The molecule has 3 nitrogen and oxygen atoms in total. The monoisotopic (exact) mass is 276 g/mol. The molecule has 1 amide bonds. The number of carbonyl (C=O) groups is 1. The summed E-state index contributed by atoms with van der Waals surface area (Å²) in [6, 6.07) is 9.54. The van der Waals surface area contributed by atoms with Gasteiger partial charge >= 0.3 is 0 Å². The van der Waals surface area contributed by atoms with Crippen LogP contribution < -0.4 is 5.73 Å². The second-order valence-electron chi connectivity index (χ2n) is 5.92. The third-order valence-corrected chi connectivity index (χ3v) is 3.89. The van der Waals surface area contributed by atoms with Crippen LogP contribution in [0.5, 0.6) is 0 Å². The number of likely N-dealkylation sites (tertiary alicyclic amines) is 1. The number of nitrogens with zero attached hydrogens (tertiary/aromatic N) is 1. The summed E-state index contributed by atoms with van der Waals surface area (Å²) >= 11 is 5.10. The van der Waals surface area contributed by atoms with Gasteiger partial charge in [0.25, 0.3) is 0 Å². The molecule has 0 bridgehead atoms. The van der Waals surface area contributed by atoms with E-state index in [0.29, 0.717) is 0 Å². The van der Waals surface area contributed by atoms with Gasteiger partial charge in [-0.1, -0.05) is 56.4 Å². The largest absolute Gasteiger partial charge is 0.392 e. The first-order valence-electron chi connectivity index (χ1n) is 6.54. The summed E-state index contributed by atoms with van der Waals surface area (Å²) in [5.41, 5.74) is 6.86. The van der Waals surface area contributed by atoms with Crippen LogP contribution in [0, 0.1) is 5.41 Å². The molecule has 2 rings (SSSR count). The molecular weight excluding hydrogens is 256 g/mol. The summed E-state index contributed by atoms with van der Waals surface area (Å²) in [7, 11) is 0. The van der Waals surface area contributed by atoms with Crippen molar-refractivity contribution >= 4 is 23.1 Å². The smallest absolute Gasteiger partial charge is 0.237 e. The number of nitrogens with two attached hydrogens (primary N) is 1. The van der Waals surface area contributed by atoms with E-state index < -0.39 is 5.92 Å². The van der Waals surface area contributed by atoms with Crippen molar-refractivity contribution in [2.75, 3.05) is 13.1 Å². The standard InChI is InChI=1S/C15H20N2OS/c1-15(2)8-9-17(10-15)14(18)12(13(16)19)11-6-4-3-5-7-11/h3-7,12H,8-10H2,1-2H3,(H2,16,19). The number of benzene rings is 1. The van der Waals surface area contributed by atoms with Crippen LogP contribution in [0.15, 0.2) is 30.3 Å². The van der Waals surface area contributed by atoms with Crippen LogP contribution >= 0.6 is 12.2 Å². The molecule has 0 spiro atoms. The second-order valence-corrected chi connectivity index (χ2v) is 6.39. The Bertz CT molecular complexity index is 484. The minimum absolute atomic E-state index is 0.0317. The van der Waals surface area contributed by atoms with Crippen molar-refractivity contribution in [3.63, 3.8) is 0 Å². The van der Waals surface area contributed by atoms with E-state index >= 15 is 0 Å². The maximum atomic E-state index is 12.6. The molecule has 1 heterocycles. The SMILES string of the molecule is CC1(C)CCN(C(=O)C(C(N)=S)c2ccccc2)C1. The molecule has 1 fully saturated rings. The predicted molar refractivity (Wildman–Crippen MR) is 80.9 cm³/mol. The molecule has 102 valence electrons. The lowest BCUT2D eigenvalue weighted by atomic mass is 9.93. The number of hydrogen-bond donors (Lipinski definition) is 1. The van der Waals surface area contributed by atoms with Crippen molar-refractivity contribution in [1.29, 1.82) is 0 Å².